The van der Waals surface area contributed by atoms with Gasteiger partial charge >= 0.3 is 12.1 Å². The Morgan fingerprint density at radius 3 is 2.48 bits per heavy atom. The van der Waals surface area contributed by atoms with Gasteiger partial charge in [0.25, 0.3) is 0 Å². The van der Waals surface area contributed by atoms with E-state index in [1.165, 1.54) is 42.9 Å². The molecule has 0 aromatic heterocycles. The second-order valence-electron chi connectivity index (χ2n) is 15.3. The number of hydrogen-bond acceptors (Lipinski definition) is 13. The summed E-state index contributed by atoms with van der Waals surface area (Å²) in [5.74, 6) is -1.59. The van der Waals surface area contributed by atoms with Crippen molar-refractivity contribution in [2.45, 2.75) is 108 Å². The summed E-state index contributed by atoms with van der Waals surface area (Å²) in [6, 6.07) is 1.57. The van der Waals surface area contributed by atoms with E-state index in [9.17, 15) is 29.1 Å². The number of epoxide rings is 1. The number of likely N-dealkylation sites (N-methyl/N-ethyl adjacent to an activating group) is 2. The third-order valence-electron chi connectivity index (χ3n) is 11.3. The van der Waals surface area contributed by atoms with Crippen molar-refractivity contribution in [2.24, 2.45) is 5.92 Å². The van der Waals surface area contributed by atoms with E-state index in [0.717, 1.165) is 11.1 Å². The Labute approximate surface area is 353 Å². The van der Waals surface area contributed by atoms with Crippen molar-refractivity contribution in [3.63, 3.8) is 0 Å². The molecule has 3 aliphatic heterocycles. The topological polar surface area (TPSA) is 177 Å². The first-order valence-corrected chi connectivity index (χ1v) is 22.1. The molecule has 2 N–H and O–H groups in total. The lowest BCUT2D eigenvalue weighted by Gasteiger charge is -2.42. The van der Waals surface area contributed by atoms with Crippen LogP contribution in [-0.4, -0.2) is 140 Å². The van der Waals surface area contributed by atoms with Gasteiger partial charge in [0, 0.05) is 52.8 Å². The minimum absolute atomic E-state index is 0.0763. The molecule has 1 aromatic carbocycles. The highest BCUT2D eigenvalue weighted by Gasteiger charge is 2.64. The molecule has 9 unspecified atom stereocenters. The number of methoxy groups -OCH3 is 2. The van der Waals surface area contributed by atoms with Crippen LogP contribution in [0.3, 0.4) is 0 Å². The molecule has 0 saturated carbocycles. The number of carbonyl (C=O) groups is 5. The molecule has 58 heavy (non-hydrogen) atoms. The molecule has 0 aliphatic carbocycles. The molecule has 2 saturated heterocycles. The fourth-order valence-electron chi connectivity index (χ4n) is 7.26. The summed E-state index contributed by atoms with van der Waals surface area (Å²) in [7, 11) is 10.6. The van der Waals surface area contributed by atoms with Crippen LogP contribution >= 0.6 is 33.2 Å². The van der Waals surface area contributed by atoms with Gasteiger partial charge in [-0.15, -0.1) is 0 Å². The number of halogens is 1. The maximum atomic E-state index is 14.2. The number of allylic oxidation sites excluding steroid dienone is 3. The van der Waals surface area contributed by atoms with E-state index in [0.29, 0.717) is 23.6 Å². The number of carbonyl (C=O) groups excluding carboxylic acids is 5. The minimum atomic E-state index is -1.85. The lowest BCUT2D eigenvalue weighted by Crippen LogP contribution is -2.63. The van der Waals surface area contributed by atoms with Crippen LogP contribution in [-0.2, 0) is 44.5 Å². The minimum Gasteiger partial charge on any atom is -0.495 e. The summed E-state index contributed by atoms with van der Waals surface area (Å²) >= 11 is 6.78. The van der Waals surface area contributed by atoms with Gasteiger partial charge in [-0.3, -0.25) is 19.7 Å². The van der Waals surface area contributed by atoms with Crippen molar-refractivity contribution in [3.8, 4) is 5.75 Å². The highest BCUT2D eigenvalue weighted by atomic mass is 35.5. The molecule has 9 atom stereocenters. The summed E-state index contributed by atoms with van der Waals surface area (Å²) in [6.45, 7) is 8.48. The maximum absolute atomic E-state index is 14.2. The van der Waals surface area contributed by atoms with E-state index in [4.69, 9.17) is 35.3 Å². The number of aliphatic hydroxyl groups is 1. The number of nitrogens with one attached hydrogen (secondary N) is 1. The molecule has 4 rings (SSSR count). The number of ether oxygens (including phenoxy) is 5. The van der Waals surface area contributed by atoms with Gasteiger partial charge in [-0.05, 0) is 58.1 Å². The summed E-state index contributed by atoms with van der Waals surface area (Å²) in [4.78, 5) is 71.4. The average Bonchev–Trinajstić information content (AvgIpc) is 3.88. The number of nitrogens with zero attached hydrogens (tertiary/aromatic N) is 3. The first-order valence-electron chi connectivity index (χ1n) is 19.0. The van der Waals surface area contributed by atoms with E-state index in [2.05, 4.69) is 5.32 Å². The predicted octanol–water partition coefficient (Wildman–Crippen LogP) is 4.76. The Bertz CT molecular complexity index is 1780. The van der Waals surface area contributed by atoms with Crippen LogP contribution in [0.25, 0.3) is 0 Å². The average molecular weight is 870 g/mol. The maximum Gasteiger partial charge on any atom is 0.409 e. The second-order valence-corrected chi connectivity index (χ2v) is 18.3. The molecule has 1 aromatic rings. The Kier molecular flexibility index (Phi) is 16.0. The van der Waals surface area contributed by atoms with Crippen LogP contribution in [0.2, 0.25) is 5.02 Å². The van der Waals surface area contributed by atoms with Gasteiger partial charge in [0.15, 0.2) is 5.72 Å². The number of rotatable bonds is 11. The highest BCUT2D eigenvalue weighted by molar-refractivity contribution is 8.76. The number of fused-ring (bicyclic) bond motifs is 5. The molecule has 18 heteroatoms. The van der Waals surface area contributed by atoms with E-state index in [-0.39, 0.29) is 30.2 Å². The highest BCUT2D eigenvalue weighted by Crippen LogP contribution is 2.49. The zero-order valence-electron chi connectivity index (χ0n) is 35.0. The van der Waals surface area contributed by atoms with Gasteiger partial charge in [0.05, 0.1) is 25.3 Å². The van der Waals surface area contributed by atoms with Gasteiger partial charge in [-0.2, -0.15) is 0 Å². The molecule has 3 heterocycles. The summed E-state index contributed by atoms with van der Waals surface area (Å²) < 4.78 is 29.3. The van der Waals surface area contributed by atoms with Crippen LogP contribution in [0.15, 0.2) is 35.9 Å². The smallest absolute Gasteiger partial charge is 0.409 e. The van der Waals surface area contributed by atoms with Crippen molar-refractivity contribution < 1.29 is 52.8 Å². The molecular formula is C40H57ClN4O11S2. The van der Waals surface area contributed by atoms with Crippen LogP contribution in [0.4, 0.5) is 10.5 Å². The Balaban J connectivity index is 1.70. The van der Waals surface area contributed by atoms with E-state index in [1.54, 1.807) is 80.7 Å². The number of hydrogen-bond donors (Lipinski definition) is 2. The summed E-state index contributed by atoms with van der Waals surface area (Å²) in [6.07, 6.45) is 2.80. The fourth-order valence-corrected chi connectivity index (χ4v) is 8.75. The monoisotopic (exact) mass is 868 g/mol. The van der Waals surface area contributed by atoms with Gasteiger partial charge in [0.2, 0.25) is 17.7 Å². The molecule has 0 radical (unpaired) electrons. The van der Waals surface area contributed by atoms with Gasteiger partial charge in [0.1, 0.15) is 46.8 Å². The number of anilines is 1. The third-order valence-corrected chi connectivity index (χ3v) is 13.5. The third kappa shape index (κ3) is 10.6. The summed E-state index contributed by atoms with van der Waals surface area (Å²) in [5.41, 5.74) is -1.06. The van der Waals surface area contributed by atoms with Crippen molar-refractivity contribution in [3.05, 3.63) is 46.5 Å². The summed E-state index contributed by atoms with van der Waals surface area (Å²) in [5, 5.41) is 14.5. The lowest BCUT2D eigenvalue weighted by atomic mass is 9.83. The van der Waals surface area contributed by atoms with Gasteiger partial charge in [-0.25, -0.2) is 9.59 Å². The van der Waals surface area contributed by atoms with E-state index in [1.807, 2.05) is 19.3 Å². The molecule has 3 aliphatic rings. The van der Waals surface area contributed by atoms with Crippen molar-refractivity contribution in [1.82, 2.24) is 15.1 Å². The Morgan fingerprint density at radius 2 is 1.84 bits per heavy atom. The van der Waals surface area contributed by atoms with Crippen molar-refractivity contribution in [2.75, 3.05) is 52.3 Å². The van der Waals surface area contributed by atoms with Crippen molar-refractivity contribution in [1.29, 1.82) is 0 Å². The molecule has 4 amide bonds. The van der Waals surface area contributed by atoms with Crippen LogP contribution in [0, 0.1) is 5.92 Å². The molecule has 2 fully saturated rings. The Morgan fingerprint density at radius 1 is 1.16 bits per heavy atom. The van der Waals surface area contributed by atoms with Gasteiger partial charge in [-0.1, -0.05) is 63.9 Å². The molecule has 322 valence electrons. The molecular weight excluding hydrogens is 812 g/mol. The molecule has 15 nitrogen and oxygen atoms in total. The first kappa shape index (κ1) is 47.2. The molecule has 0 spiro atoms. The van der Waals surface area contributed by atoms with Gasteiger partial charge < -0.3 is 43.5 Å². The molecule has 4 bridgehead atoms. The standard InChI is InChI=1S/C40H57ClN4O11S2/c1-22-13-12-14-30(53-10)40(51)21-29(54-38(50)42-40)23(2)35-39(5,56-35)31(20-33(47)45(8)27-18-26(17-22)19-28(52-9)34(27)41)55-37(49)25(4)44(7)36(48)24(3)43(6)32(46)15-16-58-57-11/h12-14,18-19,23-25,29-31,35,51H,15-17,20-21H2,1-11H3,(H,42,50). The van der Waals surface area contributed by atoms with Crippen LogP contribution < -0.4 is 15.0 Å². The second kappa shape index (κ2) is 19.7. The lowest BCUT2D eigenvalue weighted by molar-refractivity contribution is -0.163. The predicted molar refractivity (Wildman–Crippen MR) is 224 cm³/mol. The zero-order valence-corrected chi connectivity index (χ0v) is 37.4. The first-order chi connectivity index (χ1) is 27.2. The number of esters is 1. The SMILES string of the molecule is COc1cc2cc(c1Cl)N(C)C(=O)CC(OC(=O)C(C)N(C)C(=O)C(C)N(C)C(=O)CCSSC)C1(C)OC1C(C)C1CC(O)(NC(=O)O1)C(OC)C=CC=C(C)C2. The largest absolute Gasteiger partial charge is 0.495 e. The number of benzene rings is 1. The number of alkyl carbamates (subject to hydrolysis) is 1. The van der Waals surface area contributed by atoms with Crippen LogP contribution in [0.1, 0.15) is 59.4 Å². The Hall–Kier alpha value is -3.48. The quantitative estimate of drug-likeness (QED) is 0.135. The number of amides is 4. The fraction of sp³-hybridized carbons (Fsp3) is 0.625. The van der Waals surface area contributed by atoms with E-state index >= 15 is 0 Å². The zero-order chi connectivity index (χ0) is 43.3. The van der Waals surface area contributed by atoms with E-state index < -0.39 is 77.6 Å². The normalized spacial score (nSPS) is 28.5. The van der Waals surface area contributed by atoms with Crippen molar-refractivity contribution >= 4 is 68.7 Å². The van der Waals surface area contributed by atoms with Crippen LogP contribution in [0.5, 0.6) is 5.75 Å².